The Bertz CT molecular complexity index is 447. The fraction of sp³-hybridized carbons (Fsp3) is 1.00. The first-order valence-corrected chi connectivity index (χ1v) is 17.3. The van der Waals surface area contributed by atoms with Crippen LogP contribution in [0.4, 0.5) is 0 Å². The summed E-state index contributed by atoms with van der Waals surface area (Å²) >= 11 is 0. The molecule has 44 heavy (non-hydrogen) atoms. The third kappa shape index (κ3) is 41.6. The van der Waals surface area contributed by atoms with Crippen molar-refractivity contribution in [2.75, 3.05) is 145 Å². The number of hydrogen-bond acceptors (Lipinski definition) is 11. The molecule has 0 atom stereocenters. The Kier molecular flexibility index (Phi) is 42.1. The van der Waals surface area contributed by atoms with Crippen molar-refractivity contribution in [1.82, 2.24) is 0 Å². The highest BCUT2D eigenvalue weighted by Gasteiger charge is 1.97. The van der Waals surface area contributed by atoms with Crippen LogP contribution in [0.1, 0.15) is 71.6 Å². The maximum atomic E-state index is 5.59. The lowest BCUT2D eigenvalue weighted by Crippen LogP contribution is -2.15. The van der Waals surface area contributed by atoms with Crippen molar-refractivity contribution < 1.29 is 52.1 Å². The van der Waals surface area contributed by atoms with E-state index >= 15 is 0 Å². The average molecular weight is 641 g/mol. The number of hydrogen-bond donors (Lipinski definition) is 0. The molecule has 0 aromatic carbocycles. The smallest absolute Gasteiger partial charge is 0.0701 e. The second kappa shape index (κ2) is 42.6. The first-order valence-electron chi connectivity index (χ1n) is 17.3. The molecule has 0 N–H and O–H groups in total. The van der Waals surface area contributed by atoms with E-state index < -0.39 is 0 Å². The molecule has 0 saturated heterocycles. The molecule has 0 saturated carbocycles. The summed E-state index contributed by atoms with van der Waals surface area (Å²) in [6.45, 7) is 17.3. The van der Waals surface area contributed by atoms with Gasteiger partial charge < -0.3 is 52.1 Å². The summed E-state index contributed by atoms with van der Waals surface area (Å²) in [5.74, 6) is 0. The molecule has 0 unspecified atom stereocenters. The molecule has 0 aromatic rings. The lowest BCUT2D eigenvalue weighted by molar-refractivity contribution is -0.0275. The summed E-state index contributed by atoms with van der Waals surface area (Å²) in [6, 6.07) is 0. The minimum Gasteiger partial charge on any atom is -0.379 e. The average Bonchev–Trinajstić information content (AvgIpc) is 3.04. The van der Waals surface area contributed by atoms with Gasteiger partial charge in [-0.3, -0.25) is 0 Å². The van der Waals surface area contributed by atoms with Gasteiger partial charge >= 0.3 is 0 Å². The van der Waals surface area contributed by atoms with Crippen molar-refractivity contribution in [3.05, 3.63) is 0 Å². The highest BCUT2D eigenvalue weighted by molar-refractivity contribution is 4.44. The lowest BCUT2D eigenvalue weighted by Gasteiger charge is -2.09. The standard InChI is InChI=1S/C33H68O11/c1-3-5-7-8-9-11-13-35-15-17-37-19-21-39-23-25-41-27-29-43-31-33-44-32-30-42-28-26-40-24-22-38-20-18-36-16-14-34-12-10-6-4-2/h3-33H2,1-2H3. The van der Waals surface area contributed by atoms with Crippen LogP contribution in [0.3, 0.4) is 0 Å². The summed E-state index contributed by atoms with van der Waals surface area (Å²) < 4.78 is 60.5. The number of unbranched alkanes of at least 4 members (excludes halogenated alkanes) is 7. The van der Waals surface area contributed by atoms with E-state index in [2.05, 4.69) is 13.8 Å². The van der Waals surface area contributed by atoms with Gasteiger partial charge in [0.1, 0.15) is 0 Å². The summed E-state index contributed by atoms with van der Waals surface area (Å²) in [5.41, 5.74) is 0. The van der Waals surface area contributed by atoms with Gasteiger partial charge in [0, 0.05) is 13.2 Å². The van der Waals surface area contributed by atoms with E-state index in [1.807, 2.05) is 0 Å². The molecule has 266 valence electrons. The minimum atomic E-state index is 0.528. The van der Waals surface area contributed by atoms with Crippen molar-refractivity contribution in [3.8, 4) is 0 Å². The highest BCUT2D eigenvalue weighted by atomic mass is 16.6. The third-order valence-corrected chi connectivity index (χ3v) is 6.25. The van der Waals surface area contributed by atoms with Gasteiger partial charge in [0.25, 0.3) is 0 Å². The predicted octanol–water partition coefficient (Wildman–Crippen LogP) is 4.72. The second-order valence-corrected chi connectivity index (χ2v) is 10.2. The molecule has 0 aliphatic rings. The molecule has 0 rings (SSSR count). The minimum absolute atomic E-state index is 0.528. The topological polar surface area (TPSA) is 102 Å². The van der Waals surface area contributed by atoms with Gasteiger partial charge in [0.2, 0.25) is 0 Å². The van der Waals surface area contributed by atoms with Crippen LogP contribution in [0, 0.1) is 0 Å². The highest BCUT2D eigenvalue weighted by Crippen LogP contribution is 2.04. The molecule has 0 aliphatic carbocycles. The van der Waals surface area contributed by atoms with Crippen molar-refractivity contribution in [2.45, 2.75) is 71.6 Å². The quantitative estimate of drug-likeness (QED) is 0.0868. The molecule has 11 heteroatoms. The zero-order valence-electron chi connectivity index (χ0n) is 28.4. The molecule has 0 aliphatic heterocycles. The molecule has 0 spiro atoms. The van der Waals surface area contributed by atoms with Crippen molar-refractivity contribution >= 4 is 0 Å². The van der Waals surface area contributed by atoms with Crippen molar-refractivity contribution in [3.63, 3.8) is 0 Å². The largest absolute Gasteiger partial charge is 0.379 e. The van der Waals surface area contributed by atoms with Crippen LogP contribution >= 0.6 is 0 Å². The van der Waals surface area contributed by atoms with Gasteiger partial charge in [-0.2, -0.15) is 0 Å². The zero-order chi connectivity index (χ0) is 31.7. The van der Waals surface area contributed by atoms with Gasteiger partial charge in [0.05, 0.1) is 132 Å². The van der Waals surface area contributed by atoms with E-state index in [1.165, 1.54) is 44.9 Å². The fourth-order valence-corrected chi connectivity index (χ4v) is 3.74. The maximum absolute atomic E-state index is 5.59. The fourth-order valence-electron chi connectivity index (χ4n) is 3.74. The van der Waals surface area contributed by atoms with Crippen LogP contribution in [0.15, 0.2) is 0 Å². The molecule has 0 heterocycles. The Morgan fingerprint density at radius 2 is 0.341 bits per heavy atom. The number of ether oxygens (including phenoxy) is 11. The Labute approximate surface area is 269 Å². The Morgan fingerprint density at radius 3 is 0.591 bits per heavy atom. The van der Waals surface area contributed by atoms with Crippen LogP contribution < -0.4 is 0 Å². The second-order valence-electron chi connectivity index (χ2n) is 10.2. The Morgan fingerprint density at radius 1 is 0.182 bits per heavy atom. The summed E-state index contributed by atoms with van der Waals surface area (Å²) in [4.78, 5) is 0. The molecule has 11 nitrogen and oxygen atoms in total. The molecule has 0 radical (unpaired) electrons. The Hall–Kier alpha value is -0.440. The first-order chi connectivity index (χ1) is 21.9. The van der Waals surface area contributed by atoms with E-state index in [0.717, 1.165) is 26.1 Å². The third-order valence-electron chi connectivity index (χ3n) is 6.25. The monoisotopic (exact) mass is 640 g/mol. The van der Waals surface area contributed by atoms with Gasteiger partial charge in [0.15, 0.2) is 0 Å². The van der Waals surface area contributed by atoms with Gasteiger partial charge in [-0.1, -0.05) is 58.8 Å². The van der Waals surface area contributed by atoms with E-state index in [-0.39, 0.29) is 0 Å². The number of rotatable bonds is 41. The zero-order valence-corrected chi connectivity index (χ0v) is 28.4. The van der Waals surface area contributed by atoms with Crippen LogP contribution in [-0.2, 0) is 52.1 Å². The van der Waals surface area contributed by atoms with Gasteiger partial charge in [-0.15, -0.1) is 0 Å². The van der Waals surface area contributed by atoms with Crippen LogP contribution in [0.25, 0.3) is 0 Å². The summed E-state index contributed by atoms with van der Waals surface area (Å²) in [7, 11) is 0. The molecule has 0 aromatic heterocycles. The van der Waals surface area contributed by atoms with Crippen molar-refractivity contribution in [2.24, 2.45) is 0 Å². The van der Waals surface area contributed by atoms with Crippen molar-refractivity contribution in [1.29, 1.82) is 0 Å². The van der Waals surface area contributed by atoms with E-state index in [0.29, 0.717) is 132 Å². The van der Waals surface area contributed by atoms with Gasteiger partial charge in [-0.25, -0.2) is 0 Å². The molecular weight excluding hydrogens is 572 g/mol. The van der Waals surface area contributed by atoms with E-state index in [4.69, 9.17) is 52.1 Å². The Balaban J connectivity index is 3.03. The van der Waals surface area contributed by atoms with Crippen LogP contribution in [0.5, 0.6) is 0 Å². The van der Waals surface area contributed by atoms with Gasteiger partial charge in [-0.05, 0) is 12.8 Å². The van der Waals surface area contributed by atoms with E-state index in [1.54, 1.807) is 0 Å². The molecule has 0 bridgehead atoms. The molecular formula is C33H68O11. The normalized spacial score (nSPS) is 11.6. The summed E-state index contributed by atoms with van der Waals surface area (Å²) in [6.07, 6.45) is 11.3. The van der Waals surface area contributed by atoms with Crippen LogP contribution in [-0.4, -0.2) is 145 Å². The SMILES string of the molecule is CCCCCCCCOCCOCCOCCOCCOCCOCCOCCOCCOCCOCCOCCCCC. The molecule has 0 amide bonds. The lowest BCUT2D eigenvalue weighted by atomic mass is 10.1. The summed E-state index contributed by atoms with van der Waals surface area (Å²) in [5, 5.41) is 0. The first kappa shape index (κ1) is 43.6. The predicted molar refractivity (Wildman–Crippen MR) is 172 cm³/mol. The molecule has 0 fully saturated rings. The maximum Gasteiger partial charge on any atom is 0.0701 e. The van der Waals surface area contributed by atoms with Crippen LogP contribution in [0.2, 0.25) is 0 Å². The van der Waals surface area contributed by atoms with E-state index in [9.17, 15) is 0 Å².